The topological polar surface area (TPSA) is 92.5 Å². The van der Waals surface area contributed by atoms with E-state index in [1.165, 1.54) is 27.4 Å². The van der Waals surface area contributed by atoms with Gasteiger partial charge in [0.1, 0.15) is 11.6 Å². The van der Waals surface area contributed by atoms with Crippen LogP contribution in [0.1, 0.15) is 23.7 Å². The molecule has 1 aromatic heterocycles. The van der Waals surface area contributed by atoms with E-state index in [0.29, 0.717) is 24.7 Å². The summed E-state index contributed by atoms with van der Waals surface area (Å²) in [6.07, 6.45) is 1.90. The van der Waals surface area contributed by atoms with Gasteiger partial charge in [0.15, 0.2) is 5.16 Å². The number of hydrogen-bond donors (Lipinski definition) is 1. The Balaban J connectivity index is 1.96. The van der Waals surface area contributed by atoms with Crippen LogP contribution in [-0.4, -0.2) is 49.8 Å². The third-order valence-corrected chi connectivity index (χ3v) is 4.97. The van der Waals surface area contributed by atoms with Crippen molar-refractivity contribution in [3.63, 3.8) is 0 Å². The van der Waals surface area contributed by atoms with Crippen LogP contribution in [0, 0.1) is 5.92 Å². The molecule has 0 aliphatic carbocycles. The molecular formula is C13H15N3O4S. The third kappa shape index (κ3) is 2.23. The third-order valence-electron chi connectivity index (χ3n) is 4.00. The lowest BCUT2D eigenvalue weighted by atomic mass is 10.0. The lowest BCUT2D eigenvalue weighted by Crippen LogP contribution is -2.45. The van der Waals surface area contributed by atoms with E-state index in [1.807, 2.05) is 0 Å². The number of carbonyl (C=O) groups excluding carboxylic acids is 1. The summed E-state index contributed by atoms with van der Waals surface area (Å²) in [7, 11) is 0. The van der Waals surface area contributed by atoms with Crippen LogP contribution in [-0.2, 0) is 11.3 Å². The minimum atomic E-state index is -1.03. The van der Waals surface area contributed by atoms with E-state index >= 15 is 0 Å². The number of nitrogens with zero attached hydrogens (tertiary/aromatic N) is 3. The fraction of sp³-hybridized carbons (Fsp3) is 0.538. The first-order valence-electron chi connectivity index (χ1n) is 6.77. The van der Waals surface area contributed by atoms with E-state index in [4.69, 9.17) is 0 Å². The smallest absolute Gasteiger partial charge is 0.326 e. The number of fused-ring (bicyclic) bond motifs is 1. The minimum Gasteiger partial charge on any atom is -0.480 e. The lowest BCUT2D eigenvalue weighted by Gasteiger charge is -2.23. The van der Waals surface area contributed by atoms with Crippen molar-refractivity contribution in [2.24, 2.45) is 5.92 Å². The number of aromatic nitrogens is 2. The predicted octanol–water partition coefficient (Wildman–Crippen LogP) is 0.284. The average molecular weight is 309 g/mol. The number of carbonyl (C=O) groups is 2. The highest BCUT2D eigenvalue weighted by molar-refractivity contribution is 7.99. The summed E-state index contributed by atoms with van der Waals surface area (Å²) in [5.41, 5.74) is -0.416. The molecule has 0 radical (unpaired) electrons. The number of amides is 1. The zero-order chi connectivity index (χ0) is 15.1. The van der Waals surface area contributed by atoms with Gasteiger partial charge in [-0.25, -0.2) is 9.78 Å². The Kier molecular flexibility index (Phi) is 3.48. The van der Waals surface area contributed by atoms with Gasteiger partial charge in [0, 0.05) is 25.0 Å². The van der Waals surface area contributed by atoms with E-state index in [1.54, 1.807) is 6.92 Å². The van der Waals surface area contributed by atoms with Crippen LogP contribution >= 0.6 is 11.8 Å². The van der Waals surface area contributed by atoms with Crippen LogP contribution in [0.15, 0.2) is 16.1 Å². The van der Waals surface area contributed by atoms with Gasteiger partial charge in [-0.1, -0.05) is 18.7 Å². The molecule has 0 aromatic carbocycles. The van der Waals surface area contributed by atoms with E-state index in [-0.39, 0.29) is 17.0 Å². The van der Waals surface area contributed by atoms with Gasteiger partial charge in [-0.2, -0.15) is 0 Å². The number of hydrogen-bond acceptors (Lipinski definition) is 5. The monoisotopic (exact) mass is 309 g/mol. The summed E-state index contributed by atoms with van der Waals surface area (Å²) in [5.74, 6) is -0.917. The highest BCUT2D eigenvalue weighted by Gasteiger charge is 2.40. The summed E-state index contributed by atoms with van der Waals surface area (Å²) >= 11 is 1.47. The van der Waals surface area contributed by atoms with E-state index in [9.17, 15) is 19.5 Å². The van der Waals surface area contributed by atoms with E-state index in [0.717, 1.165) is 5.75 Å². The molecule has 1 aromatic rings. The molecule has 2 aliphatic rings. The van der Waals surface area contributed by atoms with Gasteiger partial charge in [-0.05, 0) is 12.3 Å². The molecule has 0 bridgehead atoms. The highest BCUT2D eigenvalue weighted by Crippen LogP contribution is 2.26. The lowest BCUT2D eigenvalue weighted by molar-refractivity contribution is -0.142. The molecule has 3 heterocycles. The number of rotatable bonds is 2. The molecule has 112 valence electrons. The first-order valence-corrected chi connectivity index (χ1v) is 7.75. The Labute approximate surface area is 125 Å². The maximum absolute atomic E-state index is 12.5. The van der Waals surface area contributed by atoms with Crippen LogP contribution in [0.2, 0.25) is 0 Å². The second-order valence-electron chi connectivity index (χ2n) is 5.31. The molecule has 1 N–H and O–H groups in total. The van der Waals surface area contributed by atoms with Crippen LogP contribution in [0.25, 0.3) is 0 Å². The molecule has 3 rings (SSSR count). The first kappa shape index (κ1) is 14.1. The minimum absolute atomic E-state index is 0.0402. The molecule has 1 amide bonds. The molecule has 8 heteroatoms. The molecule has 1 saturated heterocycles. The summed E-state index contributed by atoms with van der Waals surface area (Å²) in [6.45, 7) is 2.69. The summed E-state index contributed by atoms with van der Waals surface area (Å²) in [5, 5.41) is 9.89. The Morgan fingerprint density at radius 3 is 2.90 bits per heavy atom. The van der Waals surface area contributed by atoms with Crippen molar-refractivity contribution in [1.29, 1.82) is 0 Å². The molecule has 2 unspecified atom stereocenters. The maximum atomic E-state index is 12.5. The second kappa shape index (κ2) is 5.18. The Morgan fingerprint density at radius 1 is 1.43 bits per heavy atom. The fourth-order valence-corrected chi connectivity index (χ4v) is 3.78. The molecule has 2 atom stereocenters. The van der Waals surface area contributed by atoms with Crippen LogP contribution < -0.4 is 5.56 Å². The van der Waals surface area contributed by atoms with Crippen molar-refractivity contribution in [1.82, 2.24) is 14.5 Å². The Bertz CT molecular complexity index is 672. The average Bonchev–Trinajstić information content (AvgIpc) is 3.05. The van der Waals surface area contributed by atoms with Gasteiger partial charge in [-0.3, -0.25) is 14.2 Å². The van der Waals surface area contributed by atoms with E-state index < -0.39 is 17.9 Å². The maximum Gasteiger partial charge on any atom is 0.326 e. The number of carboxylic acids is 1. The van der Waals surface area contributed by atoms with Gasteiger partial charge < -0.3 is 10.0 Å². The Hall–Kier alpha value is -1.83. The number of thioether (sulfide) groups is 1. The largest absolute Gasteiger partial charge is 0.480 e. The Morgan fingerprint density at radius 2 is 2.19 bits per heavy atom. The van der Waals surface area contributed by atoms with Crippen molar-refractivity contribution in [2.45, 2.75) is 31.1 Å². The fourth-order valence-electron chi connectivity index (χ4n) is 2.87. The molecule has 0 spiro atoms. The molecular weight excluding hydrogens is 294 g/mol. The van der Waals surface area contributed by atoms with Crippen LogP contribution in [0.5, 0.6) is 0 Å². The molecule has 2 aliphatic heterocycles. The second-order valence-corrected chi connectivity index (χ2v) is 6.37. The van der Waals surface area contributed by atoms with Gasteiger partial charge >= 0.3 is 5.97 Å². The predicted molar refractivity (Wildman–Crippen MR) is 75.5 cm³/mol. The normalized spacial score (nSPS) is 24.1. The van der Waals surface area contributed by atoms with Crippen molar-refractivity contribution in [2.75, 3.05) is 12.3 Å². The van der Waals surface area contributed by atoms with Gasteiger partial charge in [-0.15, -0.1) is 0 Å². The quantitative estimate of drug-likeness (QED) is 0.789. The SMILES string of the molecule is CC1CCN(C(=O)c2cnc3n(c2=O)CCS3)C1C(=O)O. The molecule has 21 heavy (non-hydrogen) atoms. The van der Waals surface area contributed by atoms with Crippen molar-refractivity contribution < 1.29 is 14.7 Å². The number of aliphatic carboxylic acids is 1. The summed E-state index contributed by atoms with van der Waals surface area (Å²) in [4.78, 5) is 41.6. The van der Waals surface area contributed by atoms with Crippen LogP contribution in [0.4, 0.5) is 0 Å². The zero-order valence-electron chi connectivity index (χ0n) is 11.5. The van der Waals surface area contributed by atoms with Gasteiger partial charge in [0.05, 0.1) is 0 Å². The van der Waals surface area contributed by atoms with Crippen LogP contribution in [0.3, 0.4) is 0 Å². The van der Waals surface area contributed by atoms with Gasteiger partial charge in [0.2, 0.25) is 0 Å². The highest BCUT2D eigenvalue weighted by atomic mass is 32.2. The number of carboxylic acid groups (broad SMARTS) is 1. The van der Waals surface area contributed by atoms with Crippen molar-refractivity contribution in [3.8, 4) is 0 Å². The van der Waals surface area contributed by atoms with Crippen molar-refractivity contribution >= 4 is 23.6 Å². The van der Waals surface area contributed by atoms with Crippen molar-refractivity contribution in [3.05, 3.63) is 22.1 Å². The molecule has 1 fully saturated rings. The summed E-state index contributed by atoms with van der Waals surface area (Å²) < 4.78 is 1.48. The standard InChI is InChI=1S/C13H15N3O4S/c1-7-2-3-15(9(7)12(19)20)10(17)8-6-14-13-16(11(8)18)4-5-21-13/h6-7,9H,2-5H2,1H3,(H,19,20). The number of likely N-dealkylation sites (tertiary alicyclic amines) is 1. The molecule has 0 saturated carbocycles. The summed E-state index contributed by atoms with van der Waals surface area (Å²) in [6, 6.07) is -0.871. The molecule has 7 nitrogen and oxygen atoms in total. The van der Waals surface area contributed by atoms with E-state index in [2.05, 4.69) is 4.98 Å². The zero-order valence-corrected chi connectivity index (χ0v) is 12.3. The first-order chi connectivity index (χ1) is 10.0. The van der Waals surface area contributed by atoms with Gasteiger partial charge in [0.25, 0.3) is 11.5 Å².